The molecular weight excluding hydrogens is 270 g/mol. The number of allylic oxidation sites excluding steroid dienone is 1. The van der Waals surface area contributed by atoms with Gasteiger partial charge in [-0.25, -0.2) is 4.79 Å². The molecule has 5 nitrogen and oxygen atoms in total. The van der Waals surface area contributed by atoms with Gasteiger partial charge in [0.15, 0.2) is 0 Å². The van der Waals surface area contributed by atoms with Gasteiger partial charge in [-0.3, -0.25) is 0 Å². The van der Waals surface area contributed by atoms with Crippen molar-refractivity contribution >= 4 is 11.5 Å². The fourth-order valence-electron chi connectivity index (χ4n) is 1.75. The Morgan fingerprint density at radius 2 is 2.05 bits per heavy atom. The summed E-state index contributed by atoms with van der Waals surface area (Å²) < 4.78 is 15.8. The maximum atomic E-state index is 11.9. The second-order valence-corrected chi connectivity index (χ2v) is 4.46. The zero-order valence-electron chi connectivity index (χ0n) is 12.1. The van der Waals surface area contributed by atoms with Crippen LogP contribution in [0.25, 0.3) is 5.57 Å². The summed E-state index contributed by atoms with van der Waals surface area (Å²) >= 11 is 0. The van der Waals surface area contributed by atoms with Crippen LogP contribution in [0.3, 0.4) is 0 Å². The maximum absolute atomic E-state index is 11.9. The topological polar surface area (TPSA) is 61.6 Å². The Hall–Kier alpha value is -2.56. The molecule has 110 valence electrons. The first-order valence-corrected chi connectivity index (χ1v) is 6.62. The van der Waals surface area contributed by atoms with Crippen LogP contribution in [0.5, 0.6) is 5.75 Å². The molecule has 1 aromatic carbocycles. The molecule has 1 heterocycles. The molecule has 0 saturated heterocycles. The van der Waals surface area contributed by atoms with Crippen molar-refractivity contribution in [2.45, 2.75) is 20.5 Å². The number of benzene rings is 1. The standard InChI is InChI=1S/C16H17NO4/c1-4-19-16(18)13-15(14(11(2)3)21-17-13)20-10-12-8-6-5-7-9-12/h5-9H,2,4,10H2,1,3H3. The number of esters is 1. The number of nitrogens with zero attached hydrogens (tertiary/aromatic N) is 1. The van der Waals surface area contributed by atoms with Crippen LogP contribution in [0.1, 0.15) is 35.7 Å². The summed E-state index contributed by atoms with van der Waals surface area (Å²) in [7, 11) is 0. The van der Waals surface area contributed by atoms with E-state index in [1.807, 2.05) is 30.3 Å². The second-order valence-electron chi connectivity index (χ2n) is 4.46. The number of carbonyl (C=O) groups is 1. The largest absolute Gasteiger partial charge is 0.482 e. The zero-order chi connectivity index (χ0) is 15.2. The van der Waals surface area contributed by atoms with E-state index in [0.717, 1.165) is 5.56 Å². The molecule has 0 aliphatic heterocycles. The highest BCUT2D eigenvalue weighted by atomic mass is 16.5. The quantitative estimate of drug-likeness (QED) is 0.761. The minimum atomic E-state index is -0.572. The molecule has 0 N–H and O–H groups in total. The Balaban J connectivity index is 2.24. The van der Waals surface area contributed by atoms with E-state index in [4.69, 9.17) is 14.0 Å². The number of ether oxygens (including phenoxy) is 2. The van der Waals surface area contributed by atoms with Crippen LogP contribution in [-0.4, -0.2) is 17.7 Å². The van der Waals surface area contributed by atoms with Crippen molar-refractivity contribution in [1.82, 2.24) is 5.16 Å². The first kappa shape index (κ1) is 14.8. The molecule has 0 radical (unpaired) electrons. The van der Waals surface area contributed by atoms with Crippen LogP contribution >= 0.6 is 0 Å². The van der Waals surface area contributed by atoms with Crippen molar-refractivity contribution in [3.8, 4) is 5.75 Å². The van der Waals surface area contributed by atoms with E-state index >= 15 is 0 Å². The van der Waals surface area contributed by atoms with E-state index in [0.29, 0.717) is 17.9 Å². The Bertz CT molecular complexity index is 631. The van der Waals surface area contributed by atoms with Crippen LogP contribution in [0.2, 0.25) is 0 Å². The summed E-state index contributed by atoms with van der Waals surface area (Å²) in [5.74, 6) is 0.0515. The Labute approximate surface area is 123 Å². The van der Waals surface area contributed by atoms with E-state index in [-0.39, 0.29) is 18.1 Å². The van der Waals surface area contributed by atoms with Crippen molar-refractivity contribution in [3.63, 3.8) is 0 Å². The summed E-state index contributed by atoms with van der Waals surface area (Å²) in [6.07, 6.45) is 0. The van der Waals surface area contributed by atoms with Crippen molar-refractivity contribution in [1.29, 1.82) is 0 Å². The number of carbonyl (C=O) groups excluding carboxylic acids is 1. The molecule has 0 bridgehead atoms. The van der Waals surface area contributed by atoms with Gasteiger partial charge in [-0.1, -0.05) is 42.1 Å². The molecule has 5 heteroatoms. The molecule has 0 atom stereocenters. The smallest absolute Gasteiger partial charge is 0.364 e. The highest BCUT2D eigenvalue weighted by molar-refractivity contribution is 5.91. The summed E-state index contributed by atoms with van der Waals surface area (Å²) in [6, 6.07) is 9.61. The van der Waals surface area contributed by atoms with Crippen molar-refractivity contribution in [3.05, 3.63) is 53.9 Å². The molecule has 0 amide bonds. The fourth-order valence-corrected chi connectivity index (χ4v) is 1.75. The van der Waals surface area contributed by atoms with Gasteiger partial charge >= 0.3 is 5.97 Å². The van der Waals surface area contributed by atoms with Gasteiger partial charge in [0.2, 0.25) is 17.2 Å². The molecule has 0 saturated carbocycles. The Kier molecular flexibility index (Phi) is 4.77. The van der Waals surface area contributed by atoms with Gasteiger partial charge in [0, 0.05) is 0 Å². The predicted molar refractivity (Wildman–Crippen MR) is 77.9 cm³/mol. The lowest BCUT2D eigenvalue weighted by molar-refractivity contribution is 0.0510. The normalized spacial score (nSPS) is 10.2. The van der Waals surface area contributed by atoms with Crippen LogP contribution in [0.4, 0.5) is 0 Å². The summed E-state index contributed by atoms with van der Waals surface area (Å²) in [5, 5.41) is 3.73. The van der Waals surface area contributed by atoms with Crippen LogP contribution < -0.4 is 4.74 Å². The molecule has 2 aromatic rings. The Morgan fingerprint density at radius 3 is 2.67 bits per heavy atom. The monoisotopic (exact) mass is 287 g/mol. The maximum Gasteiger partial charge on any atom is 0.364 e. The van der Waals surface area contributed by atoms with Crippen molar-refractivity contribution in [2.24, 2.45) is 0 Å². The summed E-state index contributed by atoms with van der Waals surface area (Å²) in [5.41, 5.74) is 1.63. The number of hydrogen-bond acceptors (Lipinski definition) is 5. The van der Waals surface area contributed by atoms with Gasteiger partial charge in [0.1, 0.15) is 6.61 Å². The molecule has 0 aliphatic carbocycles. The third-order valence-electron chi connectivity index (χ3n) is 2.73. The molecule has 0 spiro atoms. The Morgan fingerprint density at radius 1 is 1.33 bits per heavy atom. The summed E-state index contributed by atoms with van der Waals surface area (Å²) in [4.78, 5) is 11.9. The SMILES string of the molecule is C=C(C)c1onc(C(=O)OCC)c1OCc1ccccc1. The molecular formula is C16H17NO4. The lowest BCUT2D eigenvalue weighted by Crippen LogP contribution is -2.08. The van der Waals surface area contributed by atoms with Crippen molar-refractivity contribution < 1.29 is 18.8 Å². The molecule has 0 fully saturated rings. The van der Waals surface area contributed by atoms with E-state index in [2.05, 4.69) is 11.7 Å². The van der Waals surface area contributed by atoms with Crippen LogP contribution in [0.15, 0.2) is 41.4 Å². The van der Waals surface area contributed by atoms with Gasteiger partial charge in [0.05, 0.1) is 6.61 Å². The van der Waals surface area contributed by atoms with Gasteiger partial charge in [-0.2, -0.15) is 0 Å². The zero-order valence-corrected chi connectivity index (χ0v) is 12.1. The lowest BCUT2D eigenvalue weighted by Gasteiger charge is -2.07. The second kappa shape index (κ2) is 6.74. The average molecular weight is 287 g/mol. The predicted octanol–water partition coefficient (Wildman–Crippen LogP) is 3.46. The highest BCUT2D eigenvalue weighted by Gasteiger charge is 2.25. The van der Waals surface area contributed by atoms with Gasteiger partial charge in [-0.15, -0.1) is 0 Å². The first-order valence-electron chi connectivity index (χ1n) is 6.62. The van der Waals surface area contributed by atoms with Gasteiger partial charge in [0.25, 0.3) is 0 Å². The fraction of sp³-hybridized carbons (Fsp3) is 0.250. The van der Waals surface area contributed by atoms with Crippen LogP contribution in [0, 0.1) is 0 Å². The third-order valence-corrected chi connectivity index (χ3v) is 2.73. The van der Waals surface area contributed by atoms with Crippen LogP contribution in [-0.2, 0) is 11.3 Å². The van der Waals surface area contributed by atoms with Gasteiger partial charge in [-0.05, 0) is 25.0 Å². The molecule has 1 aromatic heterocycles. The molecule has 0 unspecified atom stereocenters. The summed E-state index contributed by atoms with van der Waals surface area (Å²) in [6.45, 7) is 7.83. The number of hydrogen-bond donors (Lipinski definition) is 0. The van der Waals surface area contributed by atoms with E-state index in [1.54, 1.807) is 13.8 Å². The van der Waals surface area contributed by atoms with Crippen molar-refractivity contribution in [2.75, 3.05) is 6.61 Å². The van der Waals surface area contributed by atoms with Gasteiger partial charge < -0.3 is 14.0 Å². The number of aromatic nitrogens is 1. The first-order chi connectivity index (χ1) is 10.1. The average Bonchev–Trinajstić information content (AvgIpc) is 2.90. The molecule has 2 rings (SSSR count). The lowest BCUT2D eigenvalue weighted by atomic mass is 10.2. The minimum absolute atomic E-state index is 0.0331. The molecule has 21 heavy (non-hydrogen) atoms. The van der Waals surface area contributed by atoms with E-state index in [1.165, 1.54) is 0 Å². The minimum Gasteiger partial charge on any atom is -0.482 e. The highest BCUT2D eigenvalue weighted by Crippen LogP contribution is 2.30. The number of rotatable bonds is 6. The van der Waals surface area contributed by atoms with E-state index < -0.39 is 5.97 Å². The van der Waals surface area contributed by atoms with E-state index in [9.17, 15) is 4.79 Å². The third kappa shape index (κ3) is 3.51. The molecule has 0 aliphatic rings.